The van der Waals surface area contributed by atoms with E-state index in [1.54, 1.807) is 25.2 Å². The van der Waals surface area contributed by atoms with Gasteiger partial charge in [-0.05, 0) is 54.2 Å². The van der Waals surface area contributed by atoms with Gasteiger partial charge < -0.3 is 19.1 Å². The summed E-state index contributed by atoms with van der Waals surface area (Å²) in [5.41, 5.74) is -2.18. The first kappa shape index (κ1) is 24.3. The number of aliphatic hydroxyl groups is 1. The highest BCUT2D eigenvalue weighted by Crippen LogP contribution is 2.44. The third-order valence-electron chi connectivity index (χ3n) is 6.28. The minimum absolute atomic E-state index is 0.0319. The van der Waals surface area contributed by atoms with Crippen molar-refractivity contribution in [3.8, 4) is 11.6 Å². The molecule has 11 heteroatoms. The van der Waals surface area contributed by atoms with E-state index in [2.05, 4.69) is 15.0 Å². The Balaban J connectivity index is 1.71. The predicted molar refractivity (Wildman–Crippen MR) is 126 cm³/mol. The topological polar surface area (TPSA) is 82.3 Å². The molecule has 1 unspecified atom stereocenters. The van der Waals surface area contributed by atoms with E-state index in [0.29, 0.717) is 23.4 Å². The molecule has 0 amide bonds. The molecule has 0 saturated heterocycles. The summed E-state index contributed by atoms with van der Waals surface area (Å²) in [6.07, 6.45) is 1.34. The molecule has 188 valence electrons. The fourth-order valence-electron chi connectivity index (χ4n) is 4.14. The van der Waals surface area contributed by atoms with Gasteiger partial charge in [-0.25, -0.2) is 9.97 Å². The molecule has 0 radical (unpaired) electrons. The Morgan fingerprint density at radius 2 is 1.92 bits per heavy atom. The number of hydrogen-bond donors (Lipinski definition) is 1. The molecule has 4 aromatic rings. The second-order valence-electron chi connectivity index (χ2n) is 8.78. The Morgan fingerprint density at radius 1 is 1.17 bits per heavy atom. The lowest BCUT2D eigenvalue weighted by atomic mass is 9.83. The van der Waals surface area contributed by atoms with E-state index in [4.69, 9.17) is 21.1 Å². The highest BCUT2D eigenvalue weighted by molar-refractivity contribution is 6.37. The van der Waals surface area contributed by atoms with Crippen LogP contribution in [0.15, 0.2) is 49.1 Å². The average molecular weight is 519 g/mol. The SMILES string of the molecule is COc1nc2ccc(C(O)(c3ccnc(C(F)(F)F)c3)c3cncn3C)cc2c(Cl)c1OCC1CC1. The Bertz CT molecular complexity index is 1440. The second kappa shape index (κ2) is 8.94. The quantitative estimate of drug-likeness (QED) is 0.366. The highest BCUT2D eigenvalue weighted by Gasteiger charge is 2.40. The number of aromatic nitrogens is 4. The van der Waals surface area contributed by atoms with Gasteiger partial charge in [0.05, 0.1) is 42.5 Å². The first-order valence-corrected chi connectivity index (χ1v) is 11.5. The molecule has 1 N–H and O–H groups in total. The maximum Gasteiger partial charge on any atom is 0.433 e. The molecule has 0 aliphatic heterocycles. The summed E-state index contributed by atoms with van der Waals surface area (Å²) < 4.78 is 53.3. The zero-order valence-corrected chi connectivity index (χ0v) is 20.1. The lowest BCUT2D eigenvalue weighted by Gasteiger charge is -2.30. The van der Waals surface area contributed by atoms with Crippen LogP contribution in [0.2, 0.25) is 5.02 Å². The molecular weight excluding hydrogens is 497 g/mol. The fraction of sp³-hybridized carbons (Fsp3) is 0.320. The smallest absolute Gasteiger partial charge is 0.433 e. The first-order valence-electron chi connectivity index (χ1n) is 11.2. The van der Waals surface area contributed by atoms with Crippen molar-refractivity contribution in [1.82, 2.24) is 19.5 Å². The van der Waals surface area contributed by atoms with Crippen molar-refractivity contribution in [1.29, 1.82) is 0 Å². The Labute approximate surface area is 209 Å². The molecule has 36 heavy (non-hydrogen) atoms. The second-order valence-corrected chi connectivity index (χ2v) is 9.16. The Kier molecular flexibility index (Phi) is 6.04. The third-order valence-corrected chi connectivity index (χ3v) is 6.65. The number of aryl methyl sites for hydroxylation is 1. The van der Waals surface area contributed by atoms with Gasteiger partial charge in [0, 0.05) is 18.6 Å². The molecule has 3 heterocycles. The lowest BCUT2D eigenvalue weighted by molar-refractivity contribution is -0.141. The Morgan fingerprint density at radius 3 is 2.56 bits per heavy atom. The van der Waals surface area contributed by atoms with E-state index in [0.717, 1.165) is 25.1 Å². The van der Waals surface area contributed by atoms with Crippen molar-refractivity contribution >= 4 is 22.5 Å². The molecule has 7 nitrogen and oxygen atoms in total. The molecule has 3 aromatic heterocycles. The van der Waals surface area contributed by atoms with Crippen LogP contribution in [0, 0.1) is 5.92 Å². The number of halogens is 4. The summed E-state index contributed by atoms with van der Waals surface area (Å²) in [4.78, 5) is 12.0. The Hall–Kier alpha value is -3.37. The molecule has 1 aliphatic carbocycles. The number of pyridine rings is 2. The minimum Gasteiger partial charge on any atom is -0.486 e. The number of nitrogens with zero attached hydrogens (tertiary/aromatic N) is 4. The number of fused-ring (bicyclic) bond motifs is 1. The molecule has 0 bridgehead atoms. The van der Waals surface area contributed by atoms with Crippen LogP contribution in [-0.4, -0.2) is 38.3 Å². The normalized spacial score (nSPS) is 15.6. The van der Waals surface area contributed by atoms with Crippen molar-refractivity contribution < 1.29 is 27.8 Å². The van der Waals surface area contributed by atoms with Crippen molar-refractivity contribution in [3.63, 3.8) is 0 Å². The van der Waals surface area contributed by atoms with Gasteiger partial charge in [0.1, 0.15) is 5.69 Å². The van der Waals surface area contributed by atoms with Crippen LogP contribution in [0.1, 0.15) is 35.4 Å². The highest BCUT2D eigenvalue weighted by atomic mass is 35.5. The first-order chi connectivity index (χ1) is 17.1. The summed E-state index contributed by atoms with van der Waals surface area (Å²) in [5, 5.41) is 12.8. The molecule has 1 atom stereocenters. The van der Waals surface area contributed by atoms with Crippen LogP contribution >= 0.6 is 11.6 Å². The number of ether oxygens (including phenoxy) is 2. The van der Waals surface area contributed by atoms with E-state index >= 15 is 0 Å². The lowest BCUT2D eigenvalue weighted by Crippen LogP contribution is -2.31. The molecule has 1 aliphatic rings. The summed E-state index contributed by atoms with van der Waals surface area (Å²) in [7, 11) is 3.11. The van der Waals surface area contributed by atoms with Gasteiger partial charge in [0.2, 0.25) is 5.75 Å². The van der Waals surface area contributed by atoms with E-state index < -0.39 is 17.5 Å². The van der Waals surface area contributed by atoms with Gasteiger partial charge in [-0.1, -0.05) is 17.7 Å². The van der Waals surface area contributed by atoms with Gasteiger partial charge in [-0.3, -0.25) is 4.98 Å². The number of methoxy groups -OCH3 is 1. The van der Waals surface area contributed by atoms with E-state index in [1.807, 2.05) is 0 Å². The number of hydrogen-bond acceptors (Lipinski definition) is 6. The third kappa shape index (κ3) is 4.24. The van der Waals surface area contributed by atoms with E-state index in [-0.39, 0.29) is 33.5 Å². The van der Waals surface area contributed by atoms with Crippen LogP contribution in [0.4, 0.5) is 13.2 Å². The van der Waals surface area contributed by atoms with Crippen LogP contribution in [0.3, 0.4) is 0 Å². The maximum absolute atomic E-state index is 13.5. The molecule has 1 aromatic carbocycles. The molecule has 0 spiro atoms. The zero-order valence-electron chi connectivity index (χ0n) is 19.4. The number of rotatable bonds is 7. The largest absolute Gasteiger partial charge is 0.486 e. The number of imidazole rings is 1. The van der Waals surface area contributed by atoms with Crippen LogP contribution in [0.25, 0.3) is 10.9 Å². The van der Waals surface area contributed by atoms with Crippen molar-refractivity contribution in [2.75, 3.05) is 13.7 Å². The van der Waals surface area contributed by atoms with Gasteiger partial charge in [0.15, 0.2) is 5.60 Å². The summed E-state index contributed by atoms with van der Waals surface area (Å²) in [6.45, 7) is 0.471. The molecular formula is C25H22ClF3N4O3. The minimum atomic E-state index is -4.69. The van der Waals surface area contributed by atoms with Crippen molar-refractivity contribution in [2.24, 2.45) is 13.0 Å². The van der Waals surface area contributed by atoms with Gasteiger partial charge in [0.25, 0.3) is 5.88 Å². The molecule has 1 saturated carbocycles. The van der Waals surface area contributed by atoms with Crippen molar-refractivity contribution in [3.05, 3.63) is 76.6 Å². The molecule has 5 rings (SSSR count). The summed E-state index contributed by atoms with van der Waals surface area (Å²) in [6, 6.07) is 6.96. The van der Waals surface area contributed by atoms with E-state index in [1.165, 1.54) is 30.3 Å². The van der Waals surface area contributed by atoms with E-state index in [9.17, 15) is 18.3 Å². The summed E-state index contributed by atoms with van der Waals surface area (Å²) in [5.74, 6) is 0.965. The zero-order chi connectivity index (χ0) is 25.7. The number of alkyl halides is 3. The molecule has 1 fully saturated rings. The van der Waals surface area contributed by atoms with Gasteiger partial charge >= 0.3 is 6.18 Å². The average Bonchev–Trinajstić information content (AvgIpc) is 3.59. The van der Waals surface area contributed by atoms with Crippen LogP contribution in [0.5, 0.6) is 11.6 Å². The number of benzene rings is 1. The maximum atomic E-state index is 13.5. The fourth-order valence-corrected chi connectivity index (χ4v) is 4.43. The summed E-state index contributed by atoms with van der Waals surface area (Å²) >= 11 is 6.74. The predicted octanol–water partition coefficient (Wildman–Crippen LogP) is 5.12. The standard InChI is InChI=1S/C25H22ClF3N4O3/c1-33-13-30-11-20(33)24(34,16-7-8-31-19(10-16)25(27,28)29)15-5-6-18-17(9-15)21(26)22(23(32-18)35-2)36-12-14-3-4-14/h5-11,13-14,34H,3-4,12H2,1-2H3. The van der Waals surface area contributed by atoms with Gasteiger partial charge in [-0.2, -0.15) is 13.2 Å². The van der Waals surface area contributed by atoms with Crippen molar-refractivity contribution in [2.45, 2.75) is 24.6 Å². The van der Waals surface area contributed by atoms with Gasteiger partial charge in [-0.15, -0.1) is 0 Å². The van der Waals surface area contributed by atoms with Crippen LogP contribution < -0.4 is 9.47 Å². The monoisotopic (exact) mass is 518 g/mol. The van der Waals surface area contributed by atoms with Crippen LogP contribution in [-0.2, 0) is 18.8 Å².